The Labute approximate surface area is 172 Å². The first-order valence-electron chi connectivity index (χ1n) is 10.2. The van der Waals surface area contributed by atoms with E-state index in [9.17, 15) is 0 Å². The third-order valence-corrected chi connectivity index (χ3v) is 5.40. The van der Waals surface area contributed by atoms with Gasteiger partial charge in [0.15, 0.2) is 6.29 Å². The van der Waals surface area contributed by atoms with Crippen molar-refractivity contribution in [1.29, 1.82) is 0 Å². The molecular weight excluding hydrogens is 364 g/mol. The number of rotatable bonds is 8. The van der Waals surface area contributed by atoms with Crippen molar-refractivity contribution < 1.29 is 14.2 Å². The van der Waals surface area contributed by atoms with E-state index >= 15 is 0 Å². The summed E-state index contributed by atoms with van der Waals surface area (Å²) in [4.78, 5) is 4.04. The van der Waals surface area contributed by atoms with Crippen LogP contribution in [0.2, 0.25) is 0 Å². The number of nitrogens with zero attached hydrogens (tertiary/aromatic N) is 1. The molecule has 0 spiro atoms. The zero-order valence-corrected chi connectivity index (χ0v) is 16.8. The molecule has 29 heavy (non-hydrogen) atoms. The first kappa shape index (κ1) is 19.8. The van der Waals surface area contributed by atoms with E-state index in [2.05, 4.69) is 40.6 Å². The van der Waals surface area contributed by atoms with Crippen LogP contribution in [-0.2, 0) is 16.0 Å². The summed E-state index contributed by atoms with van der Waals surface area (Å²) in [6.07, 6.45) is 5.47. The van der Waals surface area contributed by atoms with Gasteiger partial charge in [0.1, 0.15) is 5.75 Å². The molecule has 1 aromatic heterocycles. The van der Waals surface area contributed by atoms with Crippen molar-refractivity contribution >= 4 is 10.8 Å². The highest BCUT2D eigenvalue weighted by Crippen LogP contribution is 2.31. The Morgan fingerprint density at radius 3 is 2.69 bits per heavy atom. The molecule has 0 bridgehead atoms. The van der Waals surface area contributed by atoms with Gasteiger partial charge >= 0.3 is 0 Å². The maximum atomic E-state index is 6.02. The average molecular weight is 392 g/mol. The minimum atomic E-state index is -0.107. The van der Waals surface area contributed by atoms with Crippen molar-refractivity contribution in [2.45, 2.75) is 31.6 Å². The molecule has 5 heteroatoms. The molecule has 0 unspecified atom stereocenters. The van der Waals surface area contributed by atoms with Crippen molar-refractivity contribution in [3.63, 3.8) is 0 Å². The van der Waals surface area contributed by atoms with Gasteiger partial charge in [0.05, 0.1) is 20.3 Å². The second kappa shape index (κ2) is 9.83. The highest BCUT2D eigenvalue weighted by Gasteiger charge is 2.24. The van der Waals surface area contributed by atoms with Gasteiger partial charge in [0.25, 0.3) is 0 Å². The van der Waals surface area contributed by atoms with E-state index in [1.165, 1.54) is 21.9 Å². The predicted molar refractivity (Wildman–Crippen MR) is 114 cm³/mol. The lowest BCUT2D eigenvalue weighted by Gasteiger charge is -2.30. The summed E-state index contributed by atoms with van der Waals surface area (Å²) in [6.45, 7) is 3.20. The lowest BCUT2D eigenvalue weighted by Crippen LogP contribution is -2.31. The van der Waals surface area contributed by atoms with Crippen molar-refractivity contribution in [3.05, 3.63) is 72.1 Å². The van der Waals surface area contributed by atoms with Crippen LogP contribution in [0.25, 0.3) is 10.8 Å². The Kier molecular flexibility index (Phi) is 6.72. The molecule has 2 aromatic carbocycles. The summed E-state index contributed by atoms with van der Waals surface area (Å²) in [7, 11) is 1.70. The lowest BCUT2D eigenvalue weighted by molar-refractivity contribution is -0.189. The molecular formula is C24H28N2O3. The Morgan fingerprint density at radius 1 is 1.07 bits per heavy atom. The number of aromatic nitrogens is 1. The van der Waals surface area contributed by atoms with Gasteiger partial charge < -0.3 is 19.5 Å². The normalized spacial score (nSPS) is 19.3. The van der Waals surface area contributed by atoms with E-state index in [0.29, 0.717) is 13.2 Å². The number of nitrogens with one attached hydrogen (secondary N) is 1. The maximum Gasteiger partial charge on any atom is 0.157 e. The molecule has 1 fully saturated rings. The molecule has 1 N–H and O–H groups in total. The Morgan fingerprint density at radius 2 is 1.90 bits per heavy atom. The van der Waals surface area contributed by atoms with Crippen LogP contribution in [0.3, 0.4) is 0 Å². The summed E-state index contributed by atoms with van der Waals surface area (Å²) in [5.41, 5.74) is 2.53. The number of pyridine rings is 1. The summed E-state index contributed by atoms with van der Waals surface area (Å²) in [6, 6.07) is 16.7. The van der Waals surface area contributed by atoms with Crippen LogP contribution in [0.5, 0.6) is 5.75 Å². The molecule has 0 radical (unpaired) electrons. The van der Waals surface area contributed by atoms with Crippen LogP contribution in [0.15, 0.2) is 60.9 Å². The van der Waals surface area contributed by atoms with Gasteiger partial charge in [0.2, 0.25) is 0 Å². The number of benzene rings is 2. The largest absolute Gasteiger partial charge is 0.497 e. The smallest absolute Gasteiger partial charge is 0.157 e. The molecule has 1 aliphatic heterocycles. The molecule has 0 amide bonds. The highest BCUT2D eigenvalue weighted by molar-refractivity contribution is 5.87. The molecule has 1 aliphatic rings. The van der Waals surface area contributed by atoms with Crippen LogP contribution in [0.1, 0.15) is 29.9 Å². The second-order valence-electron chi connectivity index (χ2n) is 7.40. The standard InChI is InChI=1S/C24H28N2O3/c1-27-21-7-8-23-19(14-21)4-2-5-22(23)20-16-28-24(29-17-20)6-3-11-26-15-18-9-12-25-13-10-18/h2,4-5,7-10,12-14,20,24,26H,3,6,11,15-17H2,1H3. The van der Waals surface area contributed by atoms with Crippen molar-refractivity contribution in [2.75, 3.05) is 26.9 Å². The van der Waals surface area contributed by atoms with E-state index in [0.717, 1.165) is 31.7 Å². The van der Waals surface area contributed by atoms with E-state index in [1.54, 1.807) is 7.11 Å². The Balaban J connectivity index is 1.24. The molecule has 0 saturated carbocycles. The number of hydrogen-bond donors (Lipinski definition) is 1. The first-order chi connectivity index (χ1) is 14.3. The number of methoxy groups -OCH3 is 1. The highest BCUT2D eigenvalue weighted by atomic mass is 16.7. The van der Waals surface area contributed by atoms with Gasteiger partial charge in [-0.2, -0.15) is 0 Å². The summed E-state index contributed by atoms with van der Waals surface area (Å²) in [5.74, 6) is 1.14. The molecule has 152 valence electrons. The SMILES string of the molecule is COc1ccc2c(C3COC(CCCNCc4ccncc4)OC3)cccc2c1. The van der Waals surface area contributed by atoms with Crippen LogP contribution in [0, 0.1) is 0 Å². The van der Waals surface area contributed by atoms with E-state index in [-0.39, 0.29) is 12.2 Å². The molecule has 1 saturated heterocycles. The van der Waals surface area contributed by atoms with Gasteiger partial charge in [0, 0.05) is 24.9 Å². The van der Waals surface area contributed by atoms with Gasteiger partial charge in [-0.1, -0.05) is 24.3 Å². The fourth-order valence-electron chi connectivity index (χ4n) is 3.79. The van der Waals surface area contributed by atoms with Crippen molar-refractivity contribution in [2.24, 2.45) is 0 Å². The Hall–Kier alpha value is -2.47. The first-order valence-corrected chi connectivity index (χ1v) is 10.2. The van der Waals surface area contributed by atoms with E-state index < -0.39 is 0 Å². The summed E-state index contributed by atoms with van der Waals surface area (Å²) in [5, 5.41) is 5.88. The summed E-state index contributed by atoms with van der Waals surface area (Å²) >= 11 is 0. The summed E-state index contributed by atoms with van der Waals surface area (Å²) < 4.78 is 17.4. The van der Waals surface area contributed by atoms with Crippen molar-refractivity contribution in [1.82, 2.24) is 10.3 Å². The zero-order chi connectivity index (χ0) is 19.9. The van der Waals surface area contributed by atoms with Crippen LogP contribution in [0.4, 0.5) is 0 Å². The Bertz CT molecular complexity index is 908. The fourth-order valence-corrected chi connectivity index (χ4v) is 3.79. The lowest BCUT2D eigenvalue weighted by atomic mass is 9.94. The van der Waals surface area contributed by atoms with Crippen LogP contribution in [-0.4, -0.2) is 38.1 Å². The van der Waals surface area contributed by atoms with Gasteiger partial charge in [-0.15, -0.1) is 0 Å². The quantitative estimate of drug-likeness (QED) is 0.580. The fraction of sp³-hybridized carbons (Fsp3) is 0.375. The molecule has 4 rings (SSSR count). The van der Waals surface area contributed by atoms with E-state index in [4.69, 9.17) is 14.2 Å². The number of hydrogen-bond acceptors (Lipinski definition) is 5. The zero-order valence-electron chi connectivity index (χ0n) is 16.8. The van der Waals surface area contributed by atoms with Gasteiger partial charge in [-0.25, -0.2) is 0 Å². The number of ether oxygens (including phenoxy) is 3. The molecule has 2 heterocycles. The van der Waals surface area contributed by atoms with Crippen molar-refractivity contribution in [3.8, 4) is 5.75 Å². The second-order valence-corrected chi connectivity index (χ2v) is 7.40. The molecule has 0 atom stereocenters. The van der Waals surface area contributed by atoms with Crippen LogP contribution < -0.4 is 10.1 Å². The molecule has 5 nitrogen and oxygen atoms in total. The van der Waals surface area contributed by atoms with Gasteiger partial charge in [-0.05, 0) is 65.6 Å². The minimum Gasteiger partial charge on any atom is -0.497 e. The van der Waals surface area contributed by atoms with E-state index in [1.807, 2.05) is 30.6 Å². The number of fused-ring (bicyclic) bond motifs is 1. The predicted octanol–water partition coefficient (Wildman–Crippen LogP) is 4.27. The third kappa shape index (κ3) is 5.12. The third-order valence-electron chi connectivity index (χ3n) is 5.40. The topological polar surface area (TPSA) is 52.6 Å². The maximum absolute atomic E-state index is 6.02. The average Bonchev–Trinajstić information content (AvgIpc) is 2.79. The minimum absolute atomic E-state index is 0.107. The van der Waals surface area contributed by atoms with Gasteiger partial charge in [-0.3, -0.25) is 4.98 Å². The monoisotopic (exact) mass is 392 g/mol. The molecule has 0 aliphatic carbocycles. The molecule has 3 aromatic rings. The van der Waals surface area contributed by atoms with Crippen LogP contribution >= 0.6 is 0 Å².